The van der Waals surface area contributed by atoms with Gasteiger partial charge in [-0.25, -0.2) is 15.0 Å². The van der Waals surface area contributed by atoms with Crippen molar-refractivity contribution in [3.63, 3.8) is 0 Å². The molecule has 5 heteroatoms. The minimum atomic E-state index is -0.236. The van der Waals surface area contributed by atoms with Crippen molar-refractivity contribution < 1.29 is 0 Å². The fourth-order valence-electron chi connectivity index (χ4n) is 8.60. The van der Waals surface area contributed by atoms with Crippen LogP contribution in [0.4, 0.5) is 0 Å². The summed E-state index contributed by atoms with van der Waals surface area (Å²) in [4.78, 5) is 15.0. The van der Waals surface area contributed by atoms with Crippen molar-refractivity contribution in [2.75, 3.05) is 0 Å². The Morgan fingerprint density at radius 1 is 0.396 bits per heavy atom. The van der Waals surface area contributed by atoms with Gasteiger partial charge in [-0.3, -0.25) is 0 Å². The Morgan fingerprint density at radius 2 is 0.943 bits per heavy atom. The highest BCUT2D eigenvalue weighted by Gasteiger charge is 2.35. The molecular formula is C48H33N5. The van der Waals surface area contributed by atoms with Gasteiger partial charge in [0, 0.05) is 49.3 Å². The van der Waals surface area contributed by atoms with Gasteiger partial charge < -0.3 is 9.13 Å². The van der Waals surface area contributed by atoms with E-state index in [2.05, 4.69) is 126 Å². The molecule has 0 radical (unpaired) electrons. The highest BCUT2D eigenvalue weighted by atomic mass is 15.0. The van der Waals surface area contributed by atoms with Crippen LogP contribution in [0.5, 0.6) is 0 Å². The van der Waals surface area contributed by atoms with E-state index in [0.717, 1.165) is 22.2 Å². The monoisotopic (exact) mass is 679 g/mol. The molecule has 0 aliphatic carbocycles. The maximum atomic E-state index is 5.05. The Morgan fingerprint density at radius 3 is 1.58 bits per heavy atom. The van der Waals surface area contributed by atoms with Crippen molar-refractivity contribution in [2.24, 2.45) is 0 Å². The molecule has 0 spiro atoms. The smallest absolute Gasteiger partial charge is 0.164 e. The summed E-state index contributed by atoms with van der Waals surface area (Å²) in [5, 5.41) is 4.94. The molecule has 5 nitrogen and oxygen atoms in total. The topological polar surface area (TPSA) is 48.5 Å². The summed E-state index contributed by atoms with van der Waals surface area (Å²) in [6.45, 7) is 4.73. The van der Waals surface area contributed by atoms with E-state index in [-0.39, 0.29) is 5.41 Å². The molecule has 0 saturated heterocycles. The number of rotatable bonds is 4. The van der Waals surface area contributed by atoms with Gasteiger partial charge in [0.25, 0.3) is 0 Å². The van der Waals surface area contributed by atoms with Crippen LogP contribution < -0.4 is 0 Å². The van der Waals surface area contributed by atoms with Gasteiger partial charge in [0.15, 0.2) is 17.5 Å². The van der Waals surface area contributed by atoms with Crippen LogP contribution >= 0.6 is 0 Å². The summed E-state index contributed by atoms with van der Waals surface area (Å²) in [5.74, 6) is 1.97. The molecule has 4 heterocycles. The second-order valence-corrected chi connectivity index (χ2v) is 14.5. The van der Waals surface area contributed by atoms with Crippen molar-refractivity contribution in [1.29, 1.82) is 0 Å². The Kier molecular flexibility index (Phi) is 6.23. The maximum absolute atomic E-state index is 5.05. The van der Waals surface area contributed by atoms with Crippen LogP contribution in [0, 0.1) is 0 Å². The van der Waals surface area contributed by atoms with Crippen LogP contribution in [0.15, 0.2) is 164 Å². The molecule has 10 aromatic rings. The van der Waals surface area contributed by atoms with Crippen LogP contribution in [0.1, 0.15) is 25.0 Å². The molecular weight excluding hydrogens is 647 g/mol. The quantitative estimate of drug-likeness (QED) is 0.186. The average Bonchev–Trinajstić information content (AvgIpc) is 3.73. The summed E-state index contributed by atoms with van der Waals surface area (Å²) in [6, 6.07) is 58.2. The Bertz CT molecular complexity index is 2970. The van der Waals surface area contributed by atoms with Gasteiger partial charge in [-0.15, -0.1) is 0 Å². The first kappa shape index (κ1) is 29.8. The molecule has 0 saturated carbocycles. The Hall–Kier alpha value is -6.85. The van der Waals surface area contributed by atoms with Gasteiger partial charge in [-0.05, 0) is 59.7 Å². The highest BCUT2D eigenvalue weighted by Crippen LogP contribution is 2.48. The van der Waals surface area contributed by atoms with Gasteiger partial charge in [-0.2, -0.15) is 0 Å². The molecule has 11 rings (SSSR count). The van der Waals surface area contributed by atoms with E-state index in [4.69, 9.17) is 15.0 Å². The number of para-hydroxylation sites is 3. The number of hydrogen-bond acceptors (Lipinski definition) is 3. The Labute approximate surface area is 306 Å². The Balaban J connectivity index is 1.12. The molecule has 7 aromatic carbocycles. The lowest BCUT2D eigenvalue weighted by molar-refractivity contribution is 0.629. The maximum Gasteiger partial charge on any atom is 0.164 e. The normalized spacial score (nSPS) is 13.2. The standard InChI is InChI=1S/C48H33N5/c1-48(2)38-21-13-20-36-37-28-32(47-50-45(30-14-5-3-6-15-30)49-46(51-47)31-16-7-4-8-17-31)24-26-42(37)53(44(36)38)43-27-25-33(29-39(43)48)52-40-22-11-9-18-34(40)35-19-10-12-23-41(35)52/h3-29H,1-2H3. The number of nitrogens with zero attached hydrogens (tertiary/aromatic N) is 5. The van der Waals surface area contributed by atoms with E-state index < -0.39 is 0 Å². The highest BCUT2D eigenvalue weighted by molar-refractivity contribution is 6.13. The van der Waals surface area contributed by atoms with Crippen molar-refractivity contribution >= 4 is 43.6 Å². The zero-order valence-electron chi connectivity index (χ0n) is 29.3. The molecule has 0 unspecified atom stereocenters. The number of benzene rings is 7. The molecule has 0 bridgehead atoms. The van der Waals surface area contributed by atoms with Gasteiger partial charge in [0.2, 0.25) is 0 Å². The summed E-state index contributed by atoms with van der Waals surface area (Å²) in [6.07, 6.45) is 0. The average molecular weight is 680 g/mol. The lowest BCUT2D eigenvalue weighted by Crippen LogP contribution is -2.26. The van der Waals surface area contributed by atoms with Gasteiger partial charge in [-0.1, -0.05) is 129 Å². The van der Waals surface area contributed by atoms with Gasteiger partial charge in [0.1, 0.15) is 0 Å². The second kappa shape index (κ2) is 11.1. The van der Waals surface area contributed by atoms with Crippen LogP contribution in [-0.4, -0.2) is 24.1 Å². The van der Waals surface area contributed by atoms with E-state index in [9.17, 15) is 0 Å². The first-order valence-electron chi connectivity index (χ1n) is 18.1. The summed E-state index contributed by atoms with van der Waals surface area (Å²) >= 11 is 0. The number of hydrogen-bond donors (Lipinski definition) is 0. The second-order valence-electron chi connectivity index (χ2n) is 14.5. The van der Waals surface area contributed by atoms with E-state index in [1.54, 1.807) is 0 Å². The van der Waals surface area contributed by atoms with Crippen molar-refractivity contribution in [2.45, 2.75) is 19.3 Å². The first-order chi connectivity index (χ1) is 26.0. The minimum absolute atomic E-state index is 0.236. The zero-order valence-corrected chi connectivity index (χ0v) is 29.3. The summed E-state index contributed by atoms with van der Waals surface area (Å²) in [5.41, 5.74) is 12.5. The molecule has 0 N–H and O–H groups in total. The predicted molar refractivity (Wildman–Crippen MR) is 217 cm³/mol. The summed E-state index contributed by atoms with van der Waals surface area (Å²) in [7, 11) is 0. The van der Waals surface area contributed by atoms with Crippen LogP contribution in [-0.2, 0) is 5.41 Å². The van der Waals surface area contributed by atoms with Crippen LogP contribution in [0.2, 0.25) is 0 Å². The molecule has 1 aliphatic heterocycles. The molecule has 1 aliphatic rings. The third-order valence-electron chi connectivity index (χ3n) is 11.2. The number of fused-ring (bicyclic) bond motifs is 8. The van der Waals surface area contributed by atoms with Crippen molar-refractivity contribution in [3.05, 3.63) is 175 Å². The lowest BCUT2D eigenvalue weighted by atomic mass is 9.74. The fraction of sp³-hybridized carbons (Fsp3) is 0.0625. The van der Waals surface area contributed by atoms with E-state index >= 15 is 0 Å². The van der Waals surface area contributed by atoms with Crippen LogP contribution in [0.25, 0.3) is 89.2 Å². The van der Waals surface area contributed by atoms with E-state index in [0.29, 0.717) is 17.5 Å². The van der Waals surface area contributed by atoms with Crippen molar-refractivity contribution in [3.8, 4) is 45.5 Å². The van der Waals surface area contributed by atoms with Crippen molar-refractivity contribution in [1.82, 2.24) is 24.1 Å². The third-order valence-corrected chi connectivity index (χ3v) is 11.2. The SMILES string of the molecule is CC1(C)c2cc(-n3c4ccccc4c4ccccc43)ccc2-n2c3ccc(-c4nc(-c5ccccc5)nc(-c5ccccc5)n4)cc3c3cccc1c32. The molecule has 3 aromatic heterocycles. The third kappa shape index (κ3) is 4.34. The summed E-state index contributed by atoms with van der Waals surface area (Å²) < 4.78 is 4.89. The molecule has 0 atom stereocenters. The first-order valence-corrected chi connectivity index (χ1v) is 18.1. The molecule has 250 valence electrons. The molecule has 0 fully saturated rings. The van der Waals surface area contributed by atoms with E-state index in [1.807, 2.05) is 60.7 Å². The number of aromatic nitrogens is 5. The van der Waals surface area contributed by atoms with Gasteiger partial charge in [0.05, 0.1) is 27.8 Å². The zero-order chi connectivity index (χ0) is 35.3. The largest absolute Gasteiger partial charge is 0.309 e. The fourth-order valence-corrected chi connectivity index (χ4v) is 8.60. The molecule has 0 amide bonds. The minimum Gasteiger partial charge on any atom is -0.309 e. The predicted octanol–water partition coefficient (Wildman–Crippen LogP) is 11.7. The van der Waals surface area contributed by atoms with E-state index in [1.165, 1.54) is 60.6 Å². The molecule has 53 heavy (non-hydrogen) atoms. The van der Waals surface area contributed by atoms with Crippen LogP contribution in [0.3, 0.4) is 0 Å². The van der Waals surface area contributed by atoms with Gasteiger partial charge >= 0.3 is 0 Å². The lowest BCUT2D eigenvalue weighted by Gasteiger charge is -2.35.